The van der Waals surface area contributed by atoms with Gasteiger partial charge < -0.3 is 4.57 Å². The first-order chi connectivity index (χ1) is 11.8. The fourth-order valence-electron chi connectivity index (χ4n) is 2.78. The third-order valence-electron chi connectivity index (χ3n) is 3.94. The molecular formula is C20H17N3S. The Hall–Kier alpha value is -2.59. The molecule has 4 aromatic rings. The van der Waals surface area contributed by atoms with Crippen molar-refractivity contribution in [2.75, 3.05) is 0 Å². The van der Waals surface area contributed by atoms with Crippen molar-refractivity contribution in [3.8, 4) is 5.82 Å². The number of rotatable bonds is 4. The van der Waals surface area contributed by atoms with Crippen LogP contribution >= 0.6 is 11.8 Å². The molecule has 2 aromatic carbocycles. The Labute approximate surface area is 145 Å². The predicted molar refractivity (Wildman–Crippen MR) is 99.6 cm³/mol. The van der Waals surface area contributed by atoms with Gasteiger partial charge in [-0.3, -0.25) is 0 Å². The van der Waals surface area contributed by atoms with Gasteiger partial charge in [0.25, 0.3) is 0 Å². The molecule has 0 saturated heterocycles. The Morgan fingerprint density at radius 1 is 0.958 bits per heavy atom. The second-order valence-electron chi connectivity index (χ2n) is 5.61. The molecule has 2 heterocycles. The molecule has 0 amide bonds. The first kappa shape index (κ1) is 15.0. The SMILES string of the molecule is Cc1nccc(-n2ccc3c(SCc4ccccc4)cccc32)n1. The molecule has 0 N–H and O–H groups in total. The van der Waals surface area contributed by atoms with Crippen molar-refractivity contribution in [2.24, 2.45) is 0 Å². The lowest BCUT2D eigenvalue weighted by Gasteiger charge is -2.07. The fourth-order valence-corrected chi connectivity index (χ4v) is 3.80. The molecule has 0 spiro atoms. The van der Waals surface area contributed by atoms with Crippen molar-refractivity contribution in [2.45, 2.75) is 17.6 Å². The van der Waals surface area contributed by atoms with Crippen molar-refractivity contribution in [1.29, 1.82) is 0 Å². The van der Waals surface area contributed by atoms with Gasteiger partial charge in [-0.25, -0.2) is 9.97 Å². The predicted octanol–water partition coefficient (Wildman–Crippen LogP) is 5.02. The highest BCUT2D eigenvalue weighted by molar-refractivity contribution is 7.98. The molecule has 0 aliphatic heterocycles. The summed E-state index contributed by atoms with van der Waals surface area (Å²) in [6, 6.07) is 21.1. The van der Waals surface area contributed by atoms with Crippen molar-refractivity contribution in [3.05, 3.63) is 84.4 Å². The van der Waals surface area contributed by atoms with Crippen LogP contribution in [0.4, 0.5) is 0 Å². The minimum absolute atomic E-state index is 0.781. The third-order valence-corrected chi connectivity index (χ3v) is 5.08. The molecule has 4 rings (SSSR count). The van der Waals surface area contributed by atoms with Gasteiger partial charge in [0.1, 0.15) is 11.6 Å². The number of nitrogens with zero attached hydrogens (tertiary/aromatic N) is 3. The summed E-state index contributed by atoms with van der Waals surface area (Å²) in [4.78, 5) is 10.0. The Bertz CT molecular complexity index is 977. The molecule has 3 nitrogen and oxygen atoms in total. The molecule has 2 aromatic heterocycles. The quantitative estimate of drug-likeness (QED) is 0.492. The van der Waals surface area contributed by atoms with E-state index in [1.54, 1.807) is 6.20 Å². The highest BCUT2D eigenvalue weighted by Gasteiger charge is 2.08. The minimum Gasteiger partial charge on any atom is -0.301 e. The third kappa shape index (κ3) is 2.93. The van der Waals surface area contributed by atoms with Crippen LogP contribution in [0.2, 0.25) is 0 Å². The van der Waals surface area contributed by atoms with Crippen LogP contribution in [0.15, 0.2) is 78.0 Å². The zero-order chi connectivity index (χ0) is 16.4. The number of aromatic nitrogens is 3. The number of hydrogen-bond donors (Lipinski definition) is 0. The monoisotopic (exact) mass is 331 g/mol. The second-order valence-corrected chi connectivity index (χ2v) is 6.63. The highest BCUT2D eigenvalue weighted by atomic mass is 32.2. The summed E-state index contributed by atoms with van der Waals surface area (Å²) in [5.74, 6) is 2.66. The van der Waals surface area contributed by atoms with E-state index >= 15 is 0 Å². The van der Waals surface area contributed by atoms with E-state index in [0.717, 1.165) is 17.4 Å². The first-order valence-corrected chi connectivity index (χ1v) is 8.87. The summed E-state index contributed by atoms with van der Waals surface area (Å²) < 4.78 is 2.12. The molecular weight excluding hydrogens is 314 g/mol. The molecule has 0 radical (unpaired) electrons. The smallest absolute Gasteiger partial charge is 0.140 e. The van der Waals surface area contributed by atoms with E-state index in [-0.39, 0.29) is 0 Å². The maximum Gasteiger partial charge on any atom is 0.140 e. The van der Waals surface area contributed by atoms with Crippen LogP contribution in [-0.4, -0.2) is 14.5 Å². The summed E-state index contributed by atoms with van der Waals surface area (Å²) in [6.07, 6.45) is 3.89. The van der Waals surface area contributed by atoms with E-state index in [2.05, 4.69) is 75.3 Å². The molecule has 0 atom stereocenters. The minimum atomic E-state index is 0.781. The highest BCUT2D eigenvalue weighted by Crippen LogP contribution is 2.31. The van der Waals surface area contributed by atoms with Gasteiger partial charge in [-0.05, 0) is 36.8 Å². The number of aryl methyl sites for hydroxylation is 1. The van der Waals surface area contributed by atoms with E-state index in [0.29, 0.717) is 0 Å². The van der Waals surface area contributed by atoms with Gasteiger partial charge in [0.2, 0.25) is 0 Å². The van der Waals surface area contributed by atoms with E-state index in [1.165, 1.54) is 21.4 Å². The summed E-state index contributed by atoms with van der Waals surface area (Å²) >= 11 is 1.87. The van der Waals surface area contributed by atoms with Crippen LogP contribution < -0.4 is 0 Å². The average Bonchev–Trinajstić information content (AvgIpc) is 3.05. The Balaban J connectivity index is 1.69. The Morgan fingerprint density at radius 2 is 1.83 bits per heavy atom. The van der Waals surface area contributed by atoms with Gasteiger partial charge in [0.15, 0.2) is 0 Å². The topological polar surface area (TPSA) is 30.7 Å². The van der Waals surface area contributed by atoms with Gasteiger partial charge in [-0.1, -0.05) is 36.4 Å². The fraction of sp³-hybridized carbons (Fsp3) is 0.100. The van der Waals surface area contributed by atoms with Crippen molar-refractivity contribution >= 4 is 22.7 Å². The van der Waals surface area contributed by atoms with Crippen LogP contribution in [-0.2, 0) is 5.75 Å². The summed E-state index contributed by atoms with van der Waals surface area (Å²) in [5.41, 5.74) is 2.51. The van der Waals surface area contributed by atoms with Gasteiger partial charge in [-0.15, -0.1) is 11.8 Å². The zero-order valence-corrected chi connectivity index (χ0v) is 14.2. The summed E-state index contributed by atoms with van der Waals surface area (Å²) in [7, 11) is 0. The lowest BCUT2D eigenvalue weighted by molar-refractivity contribution is 0.964. The molecule has 0 saturated carbocycles. The number of thioether (sulfide) groups is 1. The second kappa shape index (κ2) is 6.49. The molecule has 0 unspecified atom stereocenters. The van der Waals surface area contributed by atoms with Crippen molar-refractivity contribution in [3.63, 3.8) is 0 Å². The van der Waals surface area contributed by atoms with E-state index in [9.17, 15) is 0 Å². The van der Waals surface area contributed by atoms with E-state index in [4.69, 9.17) is 0 Å². The van der Waals surface area contributed by atoms with Gasteiger partial charge in [0.05, 0.1) is 5.52 Å². The number of hydrogen-bond acceptors (Lipinski definition) is 3. The normalized spacial score (nSPS) is 11.0. The van der Waals surface area contributed by atoms with Crippen LogP contribution in [0, 0.1) is 6.92 Å². The largest absolute Gasteiger partial charge is 0.301 e. The number of benzene rings is 2. The maximum absolute atomic E-state index is 4.53. The van der Waals surface area contributed by atoms with Gasteiger partial charge in [0, 0.05) is 28.4 Å². The van der Waals surface area contributed by atoms with Crippen molar-refractivity contribution in [1.82, 2.24) is 14.5 Å². The lowest BCUT2D eigenvalue weighted by Crippen LogP contribution is -1.98. The maximum atomic E-state index is 4.53. The van der Waals surface area contributed by atoms with E-state index < -0.39 is 0 Å². The Morgan fingerprint density at radius 3 is 2.67 bits per heavy atom. The average molecular weight is 331 g/mol. The van der Waals surface area contributed by atoms with Crippen LogP contribution in [0.5, 0.6) is 0 Å². The summed E-state index contributed by atoms with van der Waals surface area (Å²) in [6.45, 7) is 1.91. The molecule has 0 aliphatic rings. The van der Waals surface area contributed by atoms with Gasteiger partial charge in [-0.2, -0.15) is 0 Å². The standard InChI is InChI=1S/C20H17N3S/c1-15-21-12-10-20(22-15)23-13-11-17-18(23)8-5-9-19(17)24-14-16-6-3-2-4-7-16/h2-13H,14H2,1H3. The Kier molecular flexibility index (Phi) is 4.05. The van der Waals surface area contributed by atoms with Crippen LogP contribution in [0.3, 0.4) is 0 Å². The van der Waals surface area contributed by atoms with Crippen molar-refractivity contribution < 1.29 is 0 Å². The summed E-state index contributed by atoms with van der Waals surface area (Å²) in [5, 5.41) is 1.26. The lowest BCUT2D eigenvalue weighted by atomic mass is 10.2. The number of fused-ring (bicyclic) bond motifs is 1. The van der Waals surface area contributed by atoms with Crippen LogP contribution in [0.1, 0.15) is 11.4 Å². The molecule has 0 bridgehead atoms. The van der Waals surface area contributed by atoms with E-state index in [1.807, 2.05) is 24.8 Å². The molecule has 0 fully saturated rings. The molecule has 24 heavy (non-hydrogen) atoms. The molecule has 4 heteroatoms. The zero-order valence-electron chi connectivity index (χ0n) is 13.4. The van der Waals surface area contributed by atoms with Gasteiger partial charge >= 0.3 is 0 Å². The molecule has 118 valence electrons. The molecule has 0 aliphatic carbocycles. The first-order valence-electron chi connectivity index (χ1n) is 7.88. The van der Waals surface area contributed by atoms with Crippen LogP contribution in [0.25, 0.3) is 16.7 Å².